The number of nitrogens with one attached hydrogen (secondary N) is 1. The number of hydrogen-bond donors (Lipinski definition) is 1. The highest BCUT2D eigenvalue weighted by Gasteiger charge is 2.21. The summed E-state index contributed by atoms with van der Waals surface area (Å²) in [6.45, 7) is 3.86. The molecular formula is C20H18N2O4. The molecule has 0 unspecified atom stereocenters. The Morgan fingerprint density at radius 2 is 1.31 bits per heavy atom. The van der Waals surface area contributed by atoms with Crippen LogP contribution in [-0.4, -0.2) is 23.0 Å². The van der Waals surface area contributed by atoms with Crippen molar-refractivity contribution in [3.63, 3.8) is 0 Å². The molecule has 3 rings (SSSR count). The largest absolute Gasteiger partial charge is 0.451 e. The van der Waals surface area contributed by atoms with Crippen molar-refractivity contribution in [2.75, 3.05) is 7.11 Å². The zero-order valence-electron chi connectivity index (χ0n) is 14.7. The first-order valence-corrected chi connectivity index (χ1v) is 8.04. The SMILES string of the molecule is COC(=O)n1[nH]c(=O)c(-c2ccc(C)cc2)c(-c2ccc(C)cc2)c1=O. The summed E-state index contributed by atoms with van der Waals surface area (Å²) in [6, 6.07) is 14.5. The molecule has 0 bridgehead atoms. The fraction of sp³-hybridized carbons (Fsp3) is 0.150. The monoisotopic (exact) mass is 350 g/mol. The first-order valence-electron chi connectivity index (χ1n) is 8.04. The van der Waals surface area contributed by atoms with Crippen LogP contribution in [0, 0.1) is 13.8 Å². The minimum atomic E-state index is -0.948. The van der Waals surface area contributed by atoms with E-state index in [0.29, 0.717) is 15.8 Å². The van der Waals surface area contributed by atoms with Crippen LogP contribution in [0.5, 0.6) is 0 Å². The van der Waals surface area contributed by atoms with Crippen molar-refractivity contribution in [1.82, 2.24) is 9.78 Å². The van der Waals surface area contributed by atoms with Gasteiger partial charge in [-0.3, -0.25) is 14.7 Å². The van der Waals surface area contributed by atoms with Gasteiger partial charge in [0.15, 0.2) is 0 Å². The highest BCUT2D eigenvalue weighted by Crippen LogP contribution is 2.26. The van der Waals surface area contributed by atoms with Gasteiger partial charge in [0.25, 0.3) is 11.1 Å². The maximum absolute atomic E-state index is 13.0. The number of aromatic nitrogens is 2. The van der Waals surface area contributed by atoms with Crippen LogP contribution < -0.4 is 11.1 Å². The van der Waals surface area contributed by atoms with E-state index in [1.54, 1.807) is 24.3 Å². The van der Waals surface area contributed by atoms with Crippen LogP contribution in [0.4, 0.5) is 4.79 Å². The number of hydrogen-bond acceptors (Lipinski definition) is 4. The third kappa shape index (κ3) is 3.09. The molecule has 0 saturated heterocycles. The molecule has 2 aromatic carbocycles. The fourth-order valence-electron chi connectivity index (χ4n) is 2.74. The van der Waals surface area contributed by atoms with Crippen LogP contribution in [0.2, 0.25) is 0 Å². The fourth-order valence-corrected chi connectivity index (χ4v) is 2.74. The number of ether oxygens (including phenoxy) is 1. The van der Waals surface area contributed by atoms with E-state index in [1.807, 2.05) is 38.1 Å². The first kappa shape index (κ1) is 17.4. The Kier molecular flexibility index (Phi) is 4.58. The molecule has 0 aliphatic heterocycles. The molecule has 0 fully saturated rings. The Morgan fingerprint density at radius 3 is 1.77 bits per heavy atom. The summed E-state index contributed by atoms with van der Waals surface area (Å²) in [7, 11) is 1.15. The van der Waals surface area contributed by atoms with E-state index in [0.717, 1.165) is 18.2 Å². The van der Waals surface area contributed by atoms with Gasteiger partial charge < -0.3 is 4.74 Å². The van der Waals surface area contributed by atoms with Crippen LogP contribution in [0.25, 0.3) is 22.3 Å². The van der Waals surface area contributed by atoms with E-state index >= 15 is 0 Å². The van der Waals surface area contributed by atoms with Crippen LogP contribution in [0.1, 0.15) is 11.1 Å². The van der Waals surface area contributed by atoms with Gasteiger partial charge in [-0.05, 0) is 25.0 Å². The van der Waals surface area contributed by atoms with Crippen molar-refractivity contribution in [2.45, 2.75) is 13.8 Å². The molecule has 0 aliphatic rings. The zero-order valence-corrected chi connectivity index (χ0v) is 14.7. The van der Waals surface area contributed by atoms with Gasteiger partial charge in [-0.2, -0.15) is 0 Å². The van der Waals surface area contributed by atoms with Crippen molar-refractivity contribution >= 4 is 6.09 Å². The normalized spacial score (nSPS) is 10.6. The second-order valence-electron chi connectivity index (χ2n) is 6.03. The molecule has 132 valence electrons. The molecule has 0 saturated carbocycles. The number of H-pyrrole nitrogens is 1. The molecule has 0 spiro atoms. The molecule has 3 aromatic rings. The first-order chi connectivity index (χ1) is 12.4. The average molecular weight is 350 g/mol. The maximum Gasteiger partial charge on any atom is 0.436 e. The van der Waals surface area contributed by atoms with E-state index < -0.39 is 17.2 Å². The number of carbonyl (C=O) groups excluding carboxylic acids is 1. The van der Waals surface area contributed by atoms with Gasteiger partial charge in [-0.1, -0.05) is 59.7 Å². The van der Waals surface area contributed by atoms with E-state index in [1.165, 1.54) is 0 Å². The van der Waals surface area contributed by atoms with Gasteiger partial charge in [-0.25, -0.2) is 4.79 Å². The van der Waals surface area contributed by atoms with E-state index in [9.17, 15) is 14.4 Å². The molecule has 1 aromatic heterocycles. The summed E-state index contributed by atoms with van der Waals surface area (Å²) in [5.74, 6) is 0. The summed E-state index contributed by atoms with van der Waals surface area (Å²) in [5, 5.41) is 2.30. The van der Waals surface area contributed by atoms with Crippen LogP contribution in [0.3, 0.4) is 0 Å². The smallest absolute Gasteiger partial charge is 0.436 e. The molecule has 6 nitrogen and oxygen atoms in total. The number of nitrogens with zero attached hydrogens (tertiary/aromatic N) is 1. The molecule has 6 heteroatoms. The number of carbonyl (C=O) groups is 1. The molecule has 0 amide bonds. The number of aryl methyl sites for hydroxylation is 2. The van der Waals surface area contributed by atoms with Crippen molar-refractivity contribution < 1.29 is 9.53 Å². The molecule has 1 N–H and O–H groups in total. The van der Waals surface area contributed by atoms with Gasteiger partial charge in [0.1, 0.15) is 0 Å². The van der Waals surface area contributed by atoms with E-state index in [4.69, 9.17) is 0 Å². The summed E-state index contributed by atoms with van der Waals surface area (Å²) >= 11 is 0. The quantitative estimate of drug-likeness (QED) is 0.770. The number of methoxy groups -OCH3 is 1. The Hall–Kier alpha value is -3.41. The lowest BCUT2D eigenvalue weighted by Crippen LogP contribution is -2.36. The lowest BCUT2D eigenvalue weighted by atomic mass is 9.96. The van der Waals surface area contributed by atoms with Crippen molar-refractivity contribution in [1.29, 1.82) is 0 Å². The third-order valence-electron chi connectivity index (χ3n) is 4.15. The molecular weight excluding hydrogens is 332 g/mol. The van der Waals surface area contributed by atoms with Crippen molar-refractivity contribution in [2.24, 2.45) is 0 Å². The Labute approximate surface area is 149 Å². The minimum Gasteiger partial charge on any atom is -0.451 e. The van der Waals surface area contributed by atoms with Crippen LogP contribution in [-0.2, 0) is 4.74 Å². The third-order valence-corrected chi connectivity index (χ3v) is 4.15. The van der Waals surface area contributed by atoms with E-state index in [2.05, 4.69) is 9.84 Å². The summed E-state index contributed by atoms with van der Waals surface area (Å²) in [4.78, 5) is 37.6. The molecule has 0 atom stereocenters. The standard InChI is InChI=1S/C20H18N2O4/c1-12-4-8-14(9-5-12)16-17(15-10-6-13(2)7-11-15)19(24)22(20(25)26-3)21-18(16)23/h4-11H,1-3H3,(H,21,23). The van der Waals surface area contributed by atoms with Crippen molar-refractivity contribution in [3.05, 3.63) is 80.4 Å². The maximum atomic E-state index is 13.0. The van der Waals surface area contributed by atoms with Crippen LogP contribution >= 0.6 is 0 Å². The van der Waals surface area contributed by atoms with Gasteiger partial charge in [0, 0.05) is 0 Å². The van der Waals surface area contributed by atoms with Gasteiger partial charge in [0.2, 0.25) is 0 Å². The minimum absolute atomic E-state index is 0.156. The van der Waals surface area contributed by atoms with Crippen LogP contribution in [0.15, 0.2) is 58.1 Å². The van der Waals surface area contributed by atoms with E-state index in [-0.39, 0.29) is 11.1 Å². The molecule has 0 radical (unpaired) electrons. The lowest BCUT2D eigenvalue weighted by Gasteiger charge is -2.12. The lowest BCUT2D eigenvalue weighted by molar-refractivity contribution is 0.167. The molecule has 26 heavy (non-hydrogen) atoms. The summed E-state index contributed by atoms with van der Waals surface area (Å²) in [6.07, 6.45) is -0.948. The topological polar surface area (TPSA) is 81.2 Å². The number of benzene rings is 2. The number of rotatable bonds is 2. The van der Waals surface area contributed by atoms with Gasteiger partial charge in [-0.15, -0.1) is 4.68 Å². The summed E-state index contributed by atoms with van der Waals surface area (Å²) < 4.78 is 5.19. The average Bonchev–Trinajstić information content (AvgIpc) is 2.64. The zero-order chi connectivity index (χ0) is 18.8. The second-order valence-corrected chi connectivity index (χ2v) is 6.03. The highest BCUT2D eigenvalue weighted by atomic mass is 16.5. The Bertz CT molecular complexity index is 1070. The predicted molar refractivity (Wildman–Crippen MR) is 99.5 cm³/mol. The van der Waals surface area contributed by atoms with Gasteiger partial charge in [0.05, 0.1) is 18.2 Å². The Morgan fingerprint density at radius 1 is 0.846 bits per heavy atom. The van der Waals surface area contributed by atoms with Crippen molar-refractivity contribution in [3.8, 4) is 22.3 Å². The van der Waals surface area contributed by atoms with Gasteiger partial charge >= 0.3 is 6.09 Å². The number of aromatic amines is 1. The predicted octanol–water partition coefficient (Wildman–Crippen LogP) is 3.10. The Balaban J connectivity index is 2.40. The summed E-state index contributed by atoms with van der Waals surface area (Å²) in [5.41, 5.74) is 2.39. The highest BCUT2D eigenvalue weighted by molar-refractivity contribution is 5.83. The molecule has 1 heterocycles. The second kappa shape index (κ2) is 6.84. The molecule has 0 aliphatic carbocycles.